The van der Waals surface area contributed by atoms with Gasteiger partial charge in [0.05, 0.1) is 15.7 Å². The number of benzene rings is 1. The van der Waals surface area contributed by atoms with E-state index in [2.05, 4.69) is 9.88 Å². The van der Waals surface area contributed by atoms with E-state index in [9.17, 15) is 4.79 Å². The molecule has 0 atom stereocenters. The average molecular weight is 404 g/mol. The van der Waals surface area contributed by atoms with E-state index in [0.717, 1.165) is 19.4 Å². The van der Waals surface area contributed by atoms with E-state index >= 15 is 0 Å². The van der Waals surface area contributed by atoms with E-state index in [1.807, 2.05) is 30.6 Å². The number of carbonyl (C=O) groups excluding carboxylic acids is 1. The molecule has 0 fully saturated rings. The minimum Gasteiger partial charge on any atom is -1.00 e. The number of aromatic nitrogens is 1. The van der Waals surface area contributed by atoms with E-state index in [-0.39, 0.29) is 22.9 Å². The molecule has 1 heterocycles. The third-order valence-corrected chi connectivity index (χ3v) is 3.70. The SMILES string of the molecule is O=C(CCCC[n+]1ccccc1)Nc1c(Cl)cccc1Cl.[Br-]. The van der Waals surface area contributed by atoms with Crippen LogP contribution in [0.4, 0.5) is 5.69 Å². The van der Waals surface area contributed by atoms with Crippen LogP contribution < -0.4 is 26.9 Å². The second kappa shape index (κ2) is 9.82. The number of nitrogens with zero attached hydrogens (tertiary/aromatic N) is 1. The van der Waals surface area contributed by atoms with Crippen molar-refractivity contribution in [2.45, 2.75) is 25.8 Å². The van der Waals surface area contributed by atoms with Crippen molar-refractivity contribution in [1.82, 2.24) is 0 Å². The maximum Gasteiger partial charge on any atom is 0.224 e. The molecule has 2 aromatic rings. The van der Waals surface area contributed by atoms with Crippen LogP contribution in [0.5, 0.6) is 0 Å². The van der Waals surface area contributed by atoms with Gasteiger partial charge in [0.2, 0.25) is 5.91 Å². The molecular weight excluding hydrogens is 387 g/mol. The molecule has 3 nitrogen and oxygen atoms in total. The van der Waals surface area contributed by atoms with Gasteiger partial charge in [-0.3, -0.25) is 4.79 Å². The number of hydrogen-bond donors (Lipinski definition) is 1. The summed E-state index contributed by atoms with van der Waals surface area (Å²) >= 11 is 12.0. The van der Waals surface area contributed by atoms with Crippen LogP contribution >= 0.6 is 23.2 Å². The summed E-state index contributed by atoms with van der Waals surface area (Å²) in [5.74, 6) is -0.0666. The van der Waals surface area contributed by atoms with Crippen LogP contribution in [0.2, 0.25) is 10.0 Å². The van der Waals surface area contributed by atoms with Crippen molar-refractivity contribution in [3.05, 3.63) is 58.8 Å². The lowest BCUT2D eigenvalue weighted by molar-refractivity contribution is -0.697. The molecule has 22 heavy (non-hydrogen) atoms. The van der Waals surface area contributed by atoms with Crippen molar-refractivity contribution >= 4 is 34.8 Å². The molecule has 0 saturated heterocycles. The van der Waals surface area contributed by atoms with Crippen LogP contribution in [0.3, 0.4) is 0 Å². The fraction of sp³-hybridized carbons (Fsp3) is 0.250. The lowest BCUT2D eigenvalue weighted by atomic mass is 10.2. The summed E-state index contributed by atoms with van der Waals surface area (Å²) < 4.78 is 2.10. The number of hydrogen-bond acceptors (Lipinski definition) is 1. The molecule has 0 unspecified atom stereocenters. The summed E-state index contributed by atoms with van der Waals surface area (Å²) in [6.07, 6.45) is 6.25. The number of rotatable bonds is 6. The number of nitrogens with one attached hydrogen (secondary N) is 1. The van der Waals surface area contributed by atoms with Crippen LogP contribution in [0, 0.1) is 0 Å². The number of unbranched alkanes of at least 4 members (excludes halogenated alkanes) is 1. The topological polar surface area (TPSA) is 33.0 Å². The molecule has 0 aliphatic heterocycles. The summed E-state index contributed by atoms with van der Waals surface area (Å²) in [6, 6.07) is 11.1. The molecule has 2 rings (SSSR count). The molecule has 0 saturated carbocycles. The Morgan fingerprint density at radius 3 is 2.27 bits per heavy atom. The second-order valence-electron chi connectivity index (χ2n) is 4.72. The second-order valence-corrected chi connectivity index (χ2v) is 5.53. The molecule has 6 heteroatoms. The van der Waals surface area contributed by atoms with E-state index in [1.54, 1.807) is 18.2 Å². The van der Waals surface area contributed by atoms with Gasteiger partial charge in [-0.25, -0.2) is 4.57 Å². The van der Waals surface area contributed by atoms with E-state index in [0.29, 0.717) is 22.2 Å². The number of amides is 1. The number of aryl methyl sites for hydroxylation is 1. The molecular formula is C16H17BrCl2N2O. The molecule has 0 aliphatic carbocycles. The third-order valence-electron chi connectivity index (χ3n) is 3.07. The summed E-state index contributed by atoms with van der Waals surface area (Å²) in [6.45, 7) is 0.904. The monoisotopic (exact) mass is 402 g/mol. The highest BCUT2D eigenvalue weighted by Crippen LogP contribution is 2.29. The molecule has 118 valence electrons. The number of anilines is 1. The van der Waals surface area contributed by atoms with Crippen molar-refractivity contribution < 1.29 is 26.3 Å². The quantitative estimate of drug-likeness (QED) is 0.568. The Hall–Kier alpha value is -1.10. The van der Waals surface area contributed by atoms with Crippen molar-refractivity contribution in [2.75, 3.05) is 5.32 Å². The molecule has 0 aliphatic rings. The van der Waals surface area contributed by atoms with E-state index < -0.39 is 0 Å². The van der Waals surface area contributed by atoms with Gasteiger partial charge in [-0.1, -0.05) is 35.3 Å². The van der Waals surface area contributed by atoms with Crippen LogP contribution in [0.25, 0.3) is 0 Å². The molecule has 0 spiro atoms. The van der Waals surface area contributed by atoms with Gasteiger partial charge in [0.1, 0.15) is 6.54 Å². The predicted molar refractivity (Wildman–Crippen MR) is 85.6 cm³/mol. The summed E-state index contributed by atoms with van der Waals surface area (Å²) in [4.78, 5) is 11.9. The van der Waals surface area contributed by atoms with Gasteiger partial charge in [0, 0.05) is 25.0 Å². The van der Waals surface area contributed by atoms with Gasteiger partial charge >= 0.3 is 0 Å². The van der Waals surface area contributed by atoms with E-state index in [1.165, 1.54) is 0 Å². The predicted octanol–water partition coefficient (Wildman–Crippen LogP) is 1.09. The van der Waals surface area contributed by atoms with Crippen LogP contribution in [0.1, 0.15) is 19.3 Å². The number of carbonyl (C=O) groups is 1. The van der Waals surface area contributed by atoms with Gasteiger partial charge in [0.15, 0.2) is 12.4 Å². The zero-order valence-electron chi connectivity index (χ0n) is 11.9. The van der Waals surface area contributed by atoms with Gasteiger partial charge < -0.3 is 22.3 Å². The highest BCUT2D eigenvalue weighted by Gasteiger charge is 2.09. The van der Waals surface area contributed by atoms with Crippen molar-refractivity contribution in [2.24, 2.45) is 0 Å². The standard InChI is InChI=1S/C16H16Cl2N2O.BrH/c17-13-7-6-8-14(18)16(13)19-15(21)9-2-5-12-20-10-3-1-4-11-20;/h1,3-4,6-8,10-11H,2,5,9,12H2;1H. The summed E-state index contributed by atoms with van der Waals surface area (Å²) in [7, 11) is 0. The fourth-order valence-electron chi connectivity index (χ4n) is 1.98. The Morgan fingerprint density at radius 1 is 1.00 bits per heavy atom. The van der Waals surface area contributed by atoms with Gasteiger partial charge in [-0.15, -0.1) is 0 Å². The smallest absolute Gasteiger partial charge is 0.224 e. The Labute approximate surface area is 151 Å². The first-order valence-corrected chi connectivity index (χ1v) is 7.60. The minimum absolute atomic E-state index is 0. The lowest BCUT2D eigenvalue weighted by Gasteiger charge is -2.08. The first-order valence-electron chi connectivity index (χ1n) is 6.85. The molecule has 0 radical (unpaired) electrons. The molecule has 1 amide bonds. The van der Waals surface area contributed by atoms with Gasteiger partial charge in [-0.2, -0.15) is 0 Å². The number of halogens is 3. The van der Waals surface area contributed by atoms with Crippen LogP contribution in [0.15, 0.2) is 48.8 Å². The maximum atomic E-state index is 11.9. The zero-order chi connectivity index (χ0) is 15.1. The van der Waals surface area contributed by atoms with Crippen molar-refractivity contribution in [3.8, 4) is 0 Å². The summed E-state index contributed by atoms with van der Waals surface area (Å²) in [5, 5.41) is 3.68. The third kappa shape index (κ3) is 5.95. The van der Waals surface area contributed by atoms with Gasteiger partial charge in [-0.05, 0) is 18.6 Å². The van der Waals surface area contributed by atoms with E-state index in [4.69, 9.17) is 23.2 Å². The highest BCUT2D eigenvalue weighted by molar-refractivity contribution is 6.39. The molecule has 1 aromatic heterocycles. The first kappa shape index (κ1) is 18.9. The van der Waals surface area contributed by atoms with Crippen LogP contribution in [-0.4, -0.2) is 5.91 Å². The first-order chi connectivity index (χ1) is 10.2. The Kier molecular flexibility index (Phi) is 8.46. The van der Waals surface area contributed by atoms with Crippen molar-refractivity contribution in [1.29, 1.82) is 0 Å². The Balaban J connectivity index is 0.00000242. The Bertz CT molecular complexity index is 588. The normalized spacial score (nSPS) is 9.91. The van der Waals surface area contributed by atoms with Gasteiger partial charge in [0.25, 0.3) is 0 Å². The molecule has 1 N–H and O–H groups in total. The molecule has 0 bridgehead atoms. The fourth-order valence-corrected chi connectivity index (χ4v) is 2.47. The van der Waals surface area contributed by atoms with Crippen LogP contribution in [-0.2, 0) is 11.3 Å². The zero-order valence-corrected chi connectivity index (χ0v) is 15.0. The highest BCUT2D eigenvalue weighted by atomic mass is 79.9. The maximum absolute atomic E-state index is 11.9. The largest absolute Gasteiger partial charge is 1.00 e. The summed E-state index contributed by atoms with van der Waals surface area (Å²) in [5.41, 5.74) is 0.489. The minimum atomic E-state index is -0.0666. The average Bonchev–Trinajstić information content (AvgIpc) is 2.49. The lowest BCUT2D eigenvalue weighted by Crippen LogP contribution is -3.00. The number of pyridine rings is 1. The number of para-hydroxylation sites is 1. The Morgan fingerprint density at radius 2 is 1.64 bits per heavy atom. The molecule has 1 aromatic carbocycles. The van der Waals surface area contributed by atoms with Crippen molar-refractivity contribution in [3.63, 3.8) is 0 Å².